The van der Waals surface area contributed by atoms with Crippen LogP contribution in [0, 0.1) is 0 Å². The SMILES string of the molecule is CSC(C)CCNC(=O)[C@@H]1CCCCN1. The zero-order chi connectivity index (χ0) is 11.1. The number of hydrogen-bond acceptors (Lipinski definition) is 3. The van der Waals surface area contributed by atoms with E-state index in [-0.39, 0.29) is 11.9 Å². The highest BCUT2D eigenvalue weighted by molar-refractivity contribution is 7.99. The van der Waals surface area contributed by atoms with Crippen LogP contribution in [0.3, 0.4) is 0 Å². The van der Waals surface area contributed by atoms with Gasteiger partial charge in [-0.05, 0) is 32.1 Å². The van der Waals surface area contributed by atoms with Crippen LogP contribution in [0.1, 0.15) is 32.6 Å². The Morgan fingerprint density at radius 2 is 2.40 bits per heavy atom. The molecule has 0 aromatic rings. The summed E-state index contributed by atoms with van der Waals surface area (Å²) in [6.45, 7) is 3.98. The molecule has 0 aromatic carbocycles. The van der Waals surface area contributed by atoms with Gasteiger partial charge in [0.15, 0.2) is 0 Å². The van der Waals surface area contributed by atoms with Crippen LogP contribution in [-0.2, 0) is 4.79 Å². The summed E-state index contributed by atoms with van der Waals surface area (Å²) in [6, 6.07) is 0.0586. The predicted molar refractivity (Wildman–Crippen MR) is 66.2 cm³/mol. The molecule has 3 nitrogen and oxygen atoms in total. The fraction of sp³-hybridized carbons (Fsp3) is 0.909. The van der Waals surface area contributed by atoms with E-state index in [0.717, 1.165) is 25.9 Å². The molecule has 1 aliphatic rings. The van der Waals surface area contributed by atoms with Gasteiger partial charge in [0.05, 0.1) is 6.04 Å². The third-order valence-electron chi connectivity index (χ3n) is 2.88. The monoisotopic (exact) mass is 230 g/mol. The van der Waals surface area contributed by atoms with Crippen LogP contribution < -0.4 is 10.6 Å². The lowest BCUT2D eigenvalue weighted by Crippen LogP contribution is -2.46. The van der Waals surface area contributed by atoms with Gasteiger partial charge in [-0.2, -0.15) is 11.8 Å². The van der Waals surface area contributed by atoms with E-state index in [1.807, 2.05) is 11.8 Å². The number of hydrogen-bond donors (Lipinski definition) is 2. The molecule has 2 N–H and O–H groups in total. The van der Waals surface area contributed by atoms with E-state index in [0.29, 0.717) is 5.25 Å². The van der Waals surface area contributed by atoms with Crippen molar-refractivity contribution in [2.75, 3.05) is 19.3 Å². The van der Waals surface area contributed by atoms with Crippen LogP contribution in [0.2, 0.25) is 0 Å². The van der Waals surface area contributed by atoms with Gasteiger partial charge >= 0.3 is 0 Å². The molecule has 88 valence electrons. The van der Waals surface area contributed by atoms with Gasteiger partial charge in [-0.3, -0.25) is 4.79 Å². The van der Waals surface area contributed by atoms with E-state index in [1.165, 1.54) is 12.8 Å². The van der Waals surface area contributed by atoms with E-state index in [1.54, 1.807) is 0 Å². The number of nitrogens with one attached hydrogen (secondary N) is 2. The molecular weight excluding hydrogens is 208 g/mol. The van der Waals surface area contributed by atoms with Crippen LogP contribution in [0.15, 0.2) is 0 Å². The minimum Gasteiger partial charge on any atom is -0.355 e. The Hall–Kier alpha value is -0.220. The van der Waals surface area contributed by atoms with Gasteiger partial charge in [0, 0.05) is 11.8 Å². The van der Waals surface area contributed by atoms with E-state index in [9.17, 15) is 4.79 Å². The maximum atomic E-state index is 11.7. The van der Waals surface area contributed by atoms with Gasteiger partial charge < -0.3 is 10.6 Å². The Kier molecular flexibility index (Phi) is 6.10. The smallest absolute Gasteiger partial charge is 0.237 e. The molecule has 1 saturated heterocycles. The Bertz CT molecular complexity index is 193. The van der Waals surface area contributed by atoms with E-state index >= 15 is 0 Å². The molecule has 1 amide bonds. The average Bonchev–Trinajstić information content (AvgIpc) is 2.29. The third-order valence-corrected chi connectivity index (χ3v) is 3.92. The number of carbonyl (C=O) groups excluding carboxylic acids is 1. The molecule has 0 aromatic heterocycles. The van der Waals surface area contributed by atoms with Crippen molar-refractivity contribution >= 4 is 17.7 Å². The molecule has 0 spiro atoms. The highest BCUT2D eigenvalue weighted by Gasteiger charge is 2.19. The normalized spacial score (nSPS) is 23.5. The van der Waals surface area contributed by atoms with Gasteiger partial charge in [-0.15, -0.1) is 0 Å². The summed E-state index contributed by atoms with van der Waals surface area (Å²) in [4.78, 5) is 11.7. The number of thioether (sulfide) groups is 1. The largest absolute Gasteiger partial charge is 0.355 e. The first-order valence-electron chi connectivity index (χ1n) is 5.78. The minimum atomic E-state index is 0.0586. The molecule has 0 saturated carbocycles. The molecule has 1 unspecified atom stereocenters. The fourth-order valence-corrected chi connectivity index (χ4v) is 2.07. The summed E-state index contributed by atoms with van der Waals surface area (Å²) in [7, 11) is 0. The van der Waals surface area contributed by atoms with Crippen molar-refractivity contribution in [3.63, 3.8) is 0 Å². The zero-order valence-corrected chi connectivity index (χ0v) is 10.5. The molecular formula is C11H22N2OS. The van der Waals surface area contributed by atoms with Crippen LogP contribution in [0.4, 0.5) is 0 Å². The molecule has 15 heavy (non-hydrogen) atoms. The first-order valence-corrected chi connectivity index (χ1v) is 7.06. The van der Waals surface area contributed by atoms with Crippen molar-refractivity contribution in [1.29, 1.82) is 0 Å². The minimum absolute atomic E-state index is 0.0586. The lowest BCUT2D eigenvalue weighted by atomic mass is 10.0. The number of carbonyl (C=O) groups is 1. The highest BCUT2D eigenvalue weighted by atomic mass is 32.2. The molecule has 1 aliphatic heterocycles. The van der Waals surface area contributed by atoms with E-state index in [4.69, 9.17) is 0 Å². The Morgan fingerprint density at radius 1 is 1.60 bits per heavy atom. The second-order valence-corrected chi connectivity index (χ2v) is 5.40. The second kappa shape index (κ2) is 7.12. The van der Waals surface area contributed by atoms with Crippen molar-refractivity contribution < 1.29 is 4.79 Å². The lowest BCUT2D eigenvalue weighted by Gasteiger charge is -2.22. The lowest BCUT2D eigenvalue weighted by molar-refractivity contribution is -0.123. The van der Waals surface area contributed by atoms with Crippen LogP contribution in [0.5, 0.6) is 0 Å². The summed E-state index contributed by atoms with van der Waals surface area (Å²) in [5, 5.41) is 6.89. The molecule has 1 fully saturated rings. The topological polar surface area (TPSA) is 41.1 Å². The molecule has 0 aliphatic carbocycles. The Labute approximate surface area is 96.8 Å². The molecule has 4 heteroatoms. The van der Waals surface area contributed by atoms with Gasteiger partial charge in [0.1, 0.15) is 0 Å². The molecule has 2 atom stereocenters. The number of amides is 1. The van der Waals surface area contributed by atoms with Crippen LogP contribution >= 0.6 is 11.8 Å². The van der Waals surface area contributed by atoms with E-state index < -0.39 is 0 Å². The van der Waals surface area contributed by atoms with Crippen molar-refractivity contribution in [1.82, 2.24) is 10.6 Å². The maximum Gasteiger partial charge on any atom is 0.237 e. The van der Waals surface area contributed by atoms with Gasteiger partial charge in [-0.1, -0.05) is 13.3 Å². The maximum absolute atomic E-state index is 11.7. The second-order valence-electron chi connectivity index (χ2n) is 4.13. The van der Waals surface area contributed by atoms with Crippen molar-refractivity contribution in [2.24, 2.45) is 0 Å². The average molecular weight is 230 g/mol. The van der Waals surface area contributed by atoms with Crippen molar-refractivity contribution in [2.45, 2.75) is 43.9 Å². The van der Waals surface area contributed by atoms with Crippen molar-refractivity contribution in [3.8, 4) is 0 Å². The summed E-state index contributed by atoms with van der Waals surface area (Å²) in [5.41, 5.74) is 0. The Morgan fingerprint density at radius 3 is 3.00 bits per heavy atom. The standard InChI is InChI=1S/C11H22N2OS/c1-9(15-2)6-8-13-11(14)10-5-3-4-7-12-10/h9-10,12H,3-8H2,1-2H3,(H,13,14)/t9?,10-/m0/s1. The summed E-state index contributed by atoms with van der Waals surface area (Å²) in [5.74, 6) is 0.183. The molecule has 0 radical (unpaired) electrons. The zero-order valence-electron chi connectivity index (χ0n) is 9.71. The molecule has 1 heterocycles. The van der Waals surface area contributed by atoms with Gasteiger partial charge in [-0.25, -0.2) is 0 Å². The first-order chi connectivity index (χ1) is 7.24. The van der Waals surface area contributed by atoms with Gasteiger partial charge in [0.25, 0.3) is 0 Å². The molecule has 0 bridgehead atoms. The number of rotatable bonds is 5. The Balaban J connectivity index is 2.12. The first kappa shape index (κ1) is 12.8. The summed E-state index contributed by atoms with van der Waals surface area (Å²) >= 11 is 1.85. The van der Waals surface area contributed by atoms with Crippen LogP contribution in [-0.4, -0.2) is 36.5 Å². The quantitative estimate of drug-likeness (QED) is 0.750. The predicted octanol–water partition coefficient (Wildman–Crippen LogP) is 1.39. The third kappa shape index (κ3) is 4.89. The van der Waals surface area contributed by atoms with E-state index in [2.05, 4.69) is 23.8 Å². The molecule has 1 rings (SSSR count). The van der Waals surface area contributed by atoms with Crippen molar-refractivity contribution in [3.05, 3.63) is 0 Å². The van der Waals surface area contributed by atoms with Gasteiger partial charge in [0.2, 0.25) is 5.91 Å². The fourth-order valence-electron chi connectivity index (χ4n) is 1.72. The number of piperidine rings is 1. The highest BCUT2D eigenvalue weighted by Crippen LogP contribution is 2.09. The van der Waals surface area contributed by atoms with Crippen LogP contribution in [0.25, 0.3) is 0 Å². The summed E-state index contributed by atoms with van der Waals surface area (Å²) in [6.07, 6.45) is 6.53. The summed E-state index contributed by atoms with van der Waals surface area (Å²) < 4.78 is 0.